The van der Waals surface area contributed by atoms with Crippen molar-refractivity contribution in [3.63, 3.8) is 0 Å². The standard InChI is InChI=1S/C23H25N3O5/c1-15(28)22(20(29)14-27)26-23(31)19-9-7-16(8-10-19)5-6-17-3-2-4-18(11-17)13-25-21(30)12-24/h2-4,7-11,15,22,27-28H,12-14,24H2,1H3,(H,25,30)(H,26,31)/t15-,22+/m1/s1. The molecule has 8 nitrogen and oxygen atoms in total. The van der Waals surface area contributed by atoms with Gasteiger partial charge >= 0.3 is 0 Å². The lowest BCUT2D eigenvalue weighted by Gasteiger charge is -2.19. The van der Waals surface area contributed by atoms with Gasteiger partial charge in [-0.05, 0) is 48.9 Å². The van der Waals surface area contributed by atoms with E-state index in [1.165, 1.54) is 6.92 Å². The van der Waals surface area contributed by atoms with E-state index in [2.05, 4.69) is 22.5 Å². The van der Waals surface area contributed by atoms with Crippen LogP contribution < -0.4 is 16.4 Å². The lowest BCUT2D eigenvalue weighted by atomic mass is 10.1. The van der Waals surface area contributed by atoms with Crippen molar-refractivity contribution in [3.8, 4) is 11.8 Å². The predicted molar refractivity (Wildman–Crippen MR) is 115 cm³/mol. The van der Waals surface area contributed by atoms with Crippen LogP contribution in [0, 0.1) is 11.8 Å². The third kappa shape index (κ3) is 7.35. The fraction of sp³-hybridized carbons (Fsp3) is 0.261. The van der Waals surface area contributed by atoms with Crippen molar-refractivity contribution < 1.29 is 24.6 Å². The van der Waals surface area contributed by atoms with E-state index in [9.17, 15) is 19.5 Å². The van der Waals surface area contributed by atoms with E-state index in [4.69, 9.17) is 10.8 Å². The zero-order valence-corrected chi connectivity index (χ0v) is 17.1. The summed E-state index contributed by atoms with van der Waals surface area (Å²) in [5.74, 6) is 4.58. The molecule has 0 heterocycles. The molecule has 0 aliphatic carbocycles. The summed E-state index contributed by atoms with van der Waals surface area (Å²) in [4.78, 5) is 35.2. The van der Waals surface area contributed by atoms with Crippen molar-refractivity contribution in [1.29, 1.82) is 0 Å². The van der Waals surface area contributed by atoms with Crippen LogP contribution in [-0.4, -0.2) is 53.1 Å². The molecule has 2 rings (SSSR count). The molecule has 0 radical (unpaired) electrons. The van der Waals surface area contributed by atoms with Gasteiger partial charge in [0.15, 0.2) is 5.78 Å². The molecule has 0 spiro atoms. The predicted octanol–water partition coefficient (Wildman–Crippen LogP) is -0.298. The molecular formula is C23H25N3O5. The normalized spacial score (nSPS) is 12.1. The topological polar surface area (TPSA) is 142 Å². The molecule has 0 saturated carbocycles. The highest BCUT2D eigenvalue weighted by atomic mass is 16.3. The van der Waals surface area contributed by atoms with Crippen LogP contribution in [0.2, 0.25) is 0 Å². The first-order chi connectivity index (χ1) is 14.8. The Morgan fingerprint density at radius 1 is 1.06 bits per heavy atom. The number of nitrogens with two attached hydrogens (primary N) is 1. The van der Waals surface area contributed by atoms with Gasteiger partial charge < -0.3 is 26.6 Å². The van der Waals surface area contributed by atoms with Crippen LogP contribution in [0.1, 0.15) is 34.0 Å². The van der Waals surface area contributed by atoms with Crippen LogP contribution in [-0.2, 0) is 16.1 Å². The summed E-state index contributed by atoms with van der Waals surface area (Å²) in [6.45, 7) is 0.885. The molecule has 0 unspecified atom stereocenters. The van der Waals surface area contributed by atoms with Crippen LogP contribution in [0.4, 0.5) is 0 Å². The minimum absolute atomic E-state index is 0.0645. The summed E-state index contributed by atoms with van der Waals surface area (Å²) >= 11 is 0. The highest BCUT2D eigenvalue weighted by Gasteiger charge is 2.25. The van der Waals surface area contributed by atoms with Gasteiger partial charge in [-0.3, -0.25) is 14.4 Å². The number of nitrogens with one attached hydrogen (secondary N) is 2. The summed E-state index contributed by atoms with van der Waals surface area (Å²) in [5.41, 5.74) is 7.90. The van der Waals surface area contributed by atoms with E-state index in [0.717, 1.165) is 11.1 Å². The number of aliphatic hydroxyl groups excluding tert-OH is 2. The highest BCUT2D eigenvalue weighted by Crippen LogP contribution is 2.07. The number of ketones is 1. The fourth-order valence-corrected chi connectivity index (χ4v) is 2.67. The molecular weight excluding hydrogens is 398 g/mol. The molecule has 162 valence electrons. The van der Waals surface area contributed by atoms with Gasteiger partial charge in [0.25, 0.3) is 5.91 Å². The van der Waals surface area contributed by atoms with Crippen LogP contribution in [0.5, 0.6) is 0 Å². The molecule has 8 heteroatoms. The van der Waals surface area contributed by atoms with Gasteiger partial charge in [-0.15, -0.1) is 0 Å². The lowest BCUT2D eigenvalue weighted by Crippen LogP contribution is -2.48. The Bertz CT molecular complexity index is 990. The second-order valence-electron chi connectivity index (χ2n) is 6.82. The van der Waals surface area contributed by atoms with Crippen LogP contribution in [0.3, 0.4) is 0 Å². The van der Waals surface area contributed by atoms with E-state index < -0.39 is 30.4 Å². The Labute approximate surface area is 180 Å². The first kappa shape index (κ1) is 23.8. The Morgan fingerprint density at radius 3 is 2.35 bits per heavy atom. The first-order valence-electron chi connectivity index (χ1n) is 9.64. The molecule has 2 aromatic carbocycles. The summed E-state index contributed by atoms with van der Waals surface area (Å²) in [5, 5.41) is 23.7. The Kier molecular flexibility index (Phi) is 8.91. The lowest BCUT2D eigenvalue weighted by molar-refractivity contribution is -0.126. The number of aliphatic hydroxyl groups is 2. The van der Waals surface area contributed by atoms with Gasteiger partial charge in [0.1, 0.15) is 12.6 Å². The van der Waals surface area contributed by atoms with Gasteiger partial charge in [-0.2, -0.15) is 0 Å². The van der Waals surface area contributed by atoms with Gasteiger partial charge in [0, 0.05) is 23.2 Å². The van der Waals surface area contributed by atoms with E-state index >= 15 is 0 Å². The largest absolute Gasteiger partial charge is 0.391 e. The molecule has 2 amide bonds. The quantitative estimate of drug-likeness (QED) is 0.369. The van der Waals surface area contributed by atoms with Crippen molar-refractivity contribution in [1.82, 2.24) is 10.6 Å². The maximum Gasteiger partial charge on any atom is 0.251 e. The molecule has 0 aromatic heterocycles. The van der Waals surface area contributed by atoms with Crippen molar-refractivity contribution in [2.45, 2.75) is 25.6 Å². The van der Waals surface area contributed by atoms with Gasteiger partial charge in [-0.1, -0.05) is 24.0 Å². The van der Waals surface area contributed by atoms with Crippen LogP contribution >= 0.6 is 0 Å². The van der Waals surface area contributed by atoms with Crippen molar-refractivity contribution in [2.24, 2.45) is 5.73 Å². The summed E-state index contributed by atoms with van der Waals surface area (Å²) in [7, 11) is 0. The first-order valence-corrected chi connectivity index (χ1v) is 9.64. The number of hydrogen-bond donors (Lipinski definition) is 5. The van der Waals surface area contributed by atoms with Gasteiger partial charge in [-0.25, -0.2) is 0 Å². The molecule has 2 aromatic rings. The zero-order chi connectivity index (χ0) is 22.8. The molecule has 2 atom stereocenters. The maximum atomic E-state index is 12.3. The van der Waals surface area contributed by atoms with E-state index in [1.54, 1.807) is 24.3 Å². The minimum Gasteiger partial charge on any atom is -0.391 e. The molecule has 0 bridgehead atoms. The Hall–Kier alpha value is -3.51. The van der Waals surface area contributed by atoms with Gasteiger partial charge in [0.05, 0.1) is 12.6 Å². The minimum atomic E-state index is -1.18. The SMILES string of the molecule is C[C@@H](O)[C@H](NC(=O)c1ccc(C#Cc2cccc(CNC(=O)CN)c2)cc1)C(=O)CO. The van der Waals surface area contributed by atoms with Crippen LogP contribution in [0.15, 0.2) is 48.5 Å². The van der Waals surface area contributed by atoms with Crippen LogP contribution in [0.25, 0.3) is 0 Å². The molecule has 0 aliphatic heterocycles. The second-order valence-corrected chi connectivity index (χ2v) is 6.82. The monoisotopic (exact) mass is 423 g/mol. The number of rotatable bonds is 8. The molecule has 0 fully saturated rings. The third-order valence-electron chi connectivity index (χ3n) is 4.37. The highest BCUT2D eigenvalue weighted by molar-refractivity contribution is 5.98. The fourth-order valence-electron chi connectivity index (χ4n) is 2.67. The molecule has 6 N–H and O–H groups in total. The number of hydrogen-bond acceptors (Lipinski definition) is 6. The van der Waals surface area contributed by atoms with E-state index in [0.29, 0.717) is 17.7 Å². The molecule has 0 saturated heterocycles. The van der Waals surface area contributed by atoms with Crippen molar-refractivity contribution in [2.75, 3.05) is 13.2 Å². The number of carbonyl (C=O) groups excluding carboxylic acids is 3. The van der Waals surface area contributed by atoms with Crippen molar-refractivity contribution >= 4 is 17.6 Å². The Balaban J connectivity index is 2.05. The summed E-state index contributed by atoms with van der Waals surface area (Å²) in [6.07, 6.45) is -1.13. The van der Waals surface area contributed by atoms with Gasteiger partial charge in [0.2, 0.25) is 5.91 Å². The smallest absolute Gasteiger partial charge is 0.251 e. The molecule has 0 aliphatic rings. The van der Waals surface area contributed by atoms with E-state index in [1.807, 2.05) is 24.3 Å². The van der Waals surface area contributed by atoms with E-state index in [-0.39, 0.29) is 12.5 Å². The number of carbonyl (C=O) groups is 3. The Morgan fingerprint density at radius 2 is 1.74 bits per heavy atom. The number of amides is 2. The molecule has 31 heavy (non-hydrogen) atoms. The third-order valence-corrected chi connectivity index (χ3v) is 4.37. The van der Waals surface area contributed by atoms with Crippen molar-refractivity contribution in [3.05, 3.63) is 70.8 Å². The summed E-state index contributed by atoms with van der Waals surface area (Å²) in [6, 6.07) is 12.7. The zero-order valence-electron chi connectivity index (χ0n) is 17.1. The average Bonchev–Trinajstić information content (AvgIpc) is 2.79. The summed E-state index contributed by atoms with van der Waals surface area (Å²) < 4.78 is 0. The average molecular weight is 423 g/mol. The second kappa shape index (κ2) is 11.6. The number of Topliss-reactive ketones (excluding diaryl/α,β-unsaturated/α-hetero) is 1. The maximum absolute atomic E-state index is 12.3. The number of benzene rings is 2.